The summed E-state index contributed by atoms with van der Waals surface area (Å²) in [6.07, 6.45) is 7.12. The van der Waals surface area contributed by atoms with Crippen molar-refractivity contribution in [2.45, 2.75) is 63.4 Å². The Balaban J connectivity index is 1.00. The van der Waals surface area contributed by atoms with Crippen molar-refractivity contribution in [2.24, 2.45) is 5.41 Å². The molecule has 0 radical (unpaired) electrons. The maximum atomic E-state index is 14.5. The van der Waals surface area contributed by atoms with E-state index in [9.17, 15) is 23.3 Å². The van der Waals surface area contributed by atoms with E-state index in [1.54, 1.807) is 6.07 Å². The maximum absolute atomic E-state index is 14.5. The van der Waals surface area contributed by atoms with Crippen LogP contribution in [0.25, 0.3) is 16.6 Å². The third-order valence-electron chi connectivity index (χ3n) is 13.2. The summed E-state index contributed by atoms with van der Waals surface area (Å²) in [6.45, 7) is 11.1. The van der Waals surface area contributed by atoms with E-state index >= 15 is 0 Å². The van der Waals surface area contributed by atoms with Crippen molar-refractivity contribution in [1.82, 2.24) is 19.6 Å². The molecular weight excluding hydrogens is 896 g/mol. The number of carbonyl (C=O) groups excluding carboxylic acids is 1. The van der Waals surface area contributed by atoms with Crippen LogP contribution in [-0.2, 0) is 19.5 Å². The number of aromatic amines is 1. The second kappa shape index (κ2) is 19.9. The summed E-state index contributed by atoms with van der Waals surface area (Å²) in [4.78, 5) is 40.4. The normalized spacial score (nSPS) is 19.5. The first-order chi connectivity index (χ1) is 32.3. The van der Waals surface area contributed by atoms with E-state index in [0.29, 0.717) is 55.9 Å². The van der Waals surface area contributed by atoms with Crippen molar-refractivity contribution in [3.05, 3.63) is 111 Å². The molecule has 4 aliphatic rings. The van der Waals surface area contributed by atoms with Crippen molar-refractivity contribution in [3.8, 4) is 5.88 Å². The minimum Gasteiger partial charge on any atom is -0.476 e. The molecule has 0 saturated carbocycles. The number of sulfonamides is 1. The molecule has 3 aliphatic heterocycles. The van der Waals surface area contributed by atoms with Gasteiger partial charge in [-0.25, -0.2) is 13.1 Å². The number of halogens is 1. The molecule has 5 aromatic rings. The first kappa shape index (κ1) is 46.4. The highest BCUT2D eigenvalue weighted by molar-refractivity contribution is 7.90. The zero-order valence-electron chi connectivity index (χ0n) is 37.9. The SMILES string of the molecule is CC1(C)CCC(CN2CCN(c3ccc(C(=O)NS(=O)(=O)c4ccc(NCC5COCCO5)c([N+](=O)[O-])c4)c(N4CCCCCOc5nc6[nH]ccc6cc54)c3)CC2)=C(c2ccc(Cl)cc2)C1. The number of piperazine rings is 1. The molecule has 1 amide bonds. The quantitative estimate of drug-likeness (QED) is 0.0799. The molecule has 1 atom stereocenters. The molecule has 67 heavy (non-hydrogen) atoms. The number of rotatable bonds is 12. The number of aromatic nitrogens is 2. The molecule has 18 heteroatoms. The molecule has 5 heterocycles. The van der Waals surface area contributed by atoms with Crippen LogP contribution in [0.5, 0.6) is 5.88 Å². The van der Waals surface area contributed by atoms with Gasteiger partial charge in [0.2, 0.25) is 5.88 Å². The molecule has 16 nitrogen and oxygen atoms in total. The summed E-state index contributed by atoms with van der Waals surface area (Å²) < 4.78 is 47.6. The predicted molar refractivity (Wildman–Crippen MR) is 260 cm³/mol. The Labute approximate surface area is 395 Å². The molecule has 3 N–H and O–H groups in total. The van der Waals surface area contributed by atoms with Gasteiger partial charge in [0.1, 0.15) is 17.0 Å². The van der Waals surface area contributed by atoms with E-state index in [1.807, 2.05) is 47.5 Å². The number of nitro benzene ring substituents is 1. The summed E-state index contributed by atoms with van der Waals surface area (Å²) in [5.74, 6) is -0.485. The van der Waals surface area contributed by atoms with Crippen LogP contribution in [0.2, 0.25) is 5.02 Å². The number of carbonyl (C=O) groups is 1. The summed E-state index contributed by atoms with van der Waals surface area (Å²) in [5.41, 5.74) is 6.78. The van der Waals surface area contributed by atoms with Crippen molar-refractivity contribution in [1.29, 1.82) is 0 Å². The first-order valence-corrected chi connectivity index (χ1v) is 24.9. The molecule has 0 bridgehead atoms. The number of fused-ring (bicyclic) bond motifs is 2. The highest BCUT2D eigenvalue weighted by atomic mass is 35.5. The Hall–Kier alpha value is -5.72. The average Bonchev–Trinajstić information content (AvgIpc) is 3.82. The number of benzene rings is 3. The number of hydrogen-bond acceptors (Lipinski definition) is 13. The number of nitrogens with zero attached hydrogens (tertiary/aromatic N) is 5. The van der Waals surface area contributed by atoms with Gasteiger partial charge in [-0.2, -0.15) is 4.98 Å². The monoisotopic (exact) mass is 952 g/mol. The molecule has 2 saturated heterocycles. The lowest BCUT2D eigenvalue weighted by Crippen LogP contribution is -2.47. The lowest BCUT2D eigenvalue weighted by Gasteiger charge is -2.39. The molecule has 1 aliphatic carbocycles. The van der Waals surface area contributed by atoms with Gasteiger partial charge >= 0.3 is 0 Å². The van der Waals surface area contributed by atoms with Gasteiger partial charge in [0.25, 0.3) is 21.6 Å². The van der Waals surface area contributed by atoms with Crippen molar-refractivity contribution in [2.75, 3.05) is 87.4 Å². The Kier molecular flexibility index (Phi) is 13.8. The van der Waals surface area contributed by atoms with E-state index in [2.05, 4.69) is 50.8 Å². The van der Waals surface area contributed by atoms with E-state index in [0.717, 1.165) is 93.4 Å². The number of allylic oxidation sites excluding steroid dienone is 1. The van der Waals surface area contributed by atoms with E-state index < -0.39 is 31.4 Å². The highest BCUT2D eigenvalue weighted by Gasteiger charge is 2.32. The topological polar surface area (TPSA) is 185 Å². The van der Waals surface area contributed by atoms with Crippen LogP contribution in [0.4, 0.5) is 28.4 Å². The average molecular weight is 954 g/mol. The number of nitro groups is 1. The van der Waals surface area contributed by atoms with Crippen LogP contribution in [0, 0.1) is 15.5 Å². The van der Waals surface area contributed by atoms with Crippen molar-refractivity contribution < 1.29 is 32.3 Å². The second-order valence-corrected chi connectivity index (χ2v) is 20.6. The van der Waals surface area contributed by atoms with Crippen LogP contribution < -0.4 is 24.6 Å². The largest absolute Gasteiger partial charge is 0.476 e. The molecule has 0 spiro atoms. The number of nitrogens with one attached hydrogen (secondary N) is 3. The number of ether oxygens (including phenoxy) is 3. The highest BCUT2D eigenvalue weighted by Crippen LogP contribution is 2.44. The molecule has 9 rings (SSSR count). The smallest absolute Gasteiger partial charge is 0.293 e. The van der Waals surface area contributed by atoms with Crippen LogP contribution in [0.1, 0.15) is 68.3 Å². The summed E-state index contributed by atoms with van der Waals surface area (Å²) in [5, 5.41) is 16.8. The van der Waals surface area contributed by atoms with Crippen LogP contribution in [0.15, 0.2) is 89.5 Å². The van der Waals surface area contributed by atoms with Gasteiger partial charge in [-0.1, -0.05) is 43.2 Å². The predicted octanol–water partition coefficient (Wildman–Crippen LogP) is 8.56. The zero-order valence-corrected chi connectivity index (χ0v) is 39.5. The minimum absolute atomic E-state index is 0.106. The minimum atomic E-state index is -4.61. The van der Waals surface area contributed by atoms with E-state index in [1.165, 1.54) is 28.8 Å². The fraction of sp³-hybridized carbons (Fsp3) is 0.429. The maximum Gasteiger partial charge on any atom is 0.293 e. The van der Waals surface area contributed by atoms with Crippen LogP contribution in [-0.4, -0.2) is 112 Å². The van der Waals surface area contributed by atoms with Gasteiger partial charge in [0.05, 0.1) is 53.6 Å². The van der Waals surface area contributed by atoms with Gasteiger partial charge in [0.15, 0.2) is 0 Å². The van der Waals surface area contributed by atoms with Gasteiger partial charge in [-0.3, -0.25) is 19.8 Å². The van der Waals surface area contributed by atoms with E-state index in [4.69, 9.17) is 30.8 Å². The number of H-pyrrole nitrogens is 1. The third kappa shape index (κ3) is 10.7. The lowest BCUT2D eigenvalue weighted by atomic mass is 9.72. The molecule has 354 valence electrons. The Morgan fingerprint density at radius 3 is 2.55 bits per heavy atom. The van der Waals surface area contributed by atoms with E-state index in [-0.39, 0.29) is 29.3 Å². The number of amides is 1. The molecule has 2 aromatic heterocycles. The Bertz CT molecular complexity index is 2770. The van der Waals surface area contributed by atoms with Gasteiger partial charge < -0.3 is 34.3 Å². The van der Waals surface area contributed by atoms with Crippen molar-refractivity contribution >= 4 is 72.6 Å². The standard InChI is InChI=1S/C49H57ClN8O8S/c1-49(2)16-14-35(41(29-49)33-6-8-36(50)9-7-33)31-55-19-21-56(22-20-55)37-10-12-40(43(27-37)57-18-4-3-5-23-66-48-45(57)26-34-15-17-51-46(34)53-48)47(59)54-67(62,63)39-11-13-42(44(28-39)58(60)61)52-30-38-32-64-24-25-65-38/h6-13,15,17,26-28,38,52H,3-5,14,16,18-25,29-32H2,1-2H3,(H,51,53)(H,54,59). The lowest BCUT2D eigenvalue weighted by molar-refractivity contribution is -0.384. The molecule has 1 unspecified atom stereocenters. The zero-order chi connectivity index (χ0) is 46.7. The summed E-state index contributed by atoms with van der Waals surface area (Å²) >= 11 is 6.28. The third-order valence-corrected chi connectivity index (χ3v) is 14.8. The fourth-order valence-corrected chi connectivity index (χ4v) is 10.6. The first-order valence-electron chi connectivity index (χ1n) is 23.1. The summed E-state index contributed by atoms with van der Waals surface area (Å²) in [6, 6.07) is 21.1. The Morgan fingerprint density at radius 2 is 1.78 bits per heavy atom. The van der Waals surface area contributed by atoms with Crippen LogP contribution >= 0.6 is 11.6 Å². The molecular formula is C49H57ClN8O8S. The summed E-state index contributed by atoms with van der Waals surface area (Å²) in [7, 11) is -4.61. The molecule has 2 fully saturated rings. The van der Waals surface area contributed by atoms with Gasteiger partial charge in [-0.05, 0) is 110 Å². The molecule has 3 aromatic carbocycles. The van der Waals surface area contributed by atoms with Gasteiger partial charge in [0, 0.05) is 74.2 Å². The number of pyridine rings is 1. The van der Waals surface area contributed by atoms with Gasteiger partial charge in [-0.15, -0.1) is 0 Å². The van der Waals surface area contributed by atoms with Crippen molar-refractivity contribution in [3.63, 3.8) is 0 Å². The Morgan fingerprint density at radius 1 is 0.955 bits per heavy atom. The number of anilines is 4. The fourth-order valence-electron chi connectivity index (χ4n) is 9.46. The number of hydrogen-bond donors (Lipinski definition) is 3. The van der Waals surface area contributed by atoms with Crippen LogP contribution in [0.3, 0.4) is 0 Å². The second-order valence-electron chi connectivity index (χ2n) is 18.5.